The number of anilines is 2. The fourth-order valence-electron chi connectivity index (χ4n) is 3.42. The van der Waals surface area contributed by atoms with Crippen LogP contribution in [0.5, 0.6) is 0 Å². The number of hydrogen-bond donors (Lipinski definition) is 1. The molecule has 0 spiro atoms. The Kier molecular flexibility index (Phi) is 8.65. The predicted octanol–water partition coefficient (Wildman–Crippen LogP) is 5.09. The zero-order valence-electron chi connectivity index (χ0n) is 20.2. The number of nitrogens with one attached hydrogen (secondary N) is 1. The van der Waals surface area contributed by atoms with Crippen molar-refractivity contribution in [1.82, 2.24) is 0 Å². The second-order valence-electron chi connectivity index (χ2n) is 8.23. The maximum Gasteiger partial charge on any atom is 0.338 e. The van der Waals surface area contributed by atoms with Crippen LogP contribution in [0.2, 0.25) is 0 Å². The molecule has 0 fully saturated rings. The number of esters is 1. The molecule has 0 aromatic heterocycles. The van der Waals surface area contributed by atoms with Gasteiger partial charge in [-0.05, 0) is 73.9 Å². The molecular formula is C27H30N2O5S. The fourth-order valence-corrected chi connectivity index (χ4v) is 4.92. The number of nitrogens with zero attached hydrogens (tertiary/aromatic N) is 1. The first-order valence-corrected chi connectivity index (χ1v) is 12.9. The van der Waals surface area contributed by atoms with Gasteiger partial charge in [0.1, 0.15) is 6.54 Å². The van der Waals surface area contributed by atoms with E-state index in [0.717, 1.165) is 28.3 Å². The van der Waals surface area contributed by atoms with Crippen LogP contribution in [0.4, 0.5) is 11.4 Å². The van der Waals surface area contributed by atoms with E-state index in [1.54, 1.807) is 55.5 Å². The molecular weight excluding hydrogens is 464 g/mol. The summed E-state index contributed by atoms with van der Waals surface area (Å²) in [5.74, 6) is -0.935. The highest BCUT2D eigenvalue weighted by Gasteiger charge is 2.28. The SMILES string of the molecule is CCCCOC(=O)c1ccc(NC(=O)CN(c2cc(C)ccc2C)S(=O)(=O)c2ccccc2)cc1. The Hall–Kier alpha value is -3.65. The number of rotatable bonds is 10. The van der Waals surface area contributed by atoms with Gasteiger partial charge >= 0.3 is 5.97 Å². The number of carbonyl (C=O) groups excluding carboxylic acids is 2. The molecule has 3 aromatic carbocycles. The van der Waals surface area contributed by atoms with Gasteiger partial charge in [0.2, 0.25) is 5.91 Å². The quantitative estimate of drug-likeness (QED) is 0.313. The molecule has 0 saturated heterocycles. The lowest BCUT2D eigenvalue weighted by Crippen LogP contribution is -2.38. The fraction of sp³-hybridized carbons (Fsp3) is 0.259. The highest BCUT2D eigenvalue weighted by molar-refractivity contribution is 7.92. The van der Waals surface area contributed by atoms with Gasteiger partial charge < -0.3 is 10.1 Å². The average Bonchev–Trinajstić information content (AvgIpc) is 2.85. The van der Waals surface area contributed by atoms with Gasteiger partial charge in [0.05, 0.1) is 22.8 Å². The van der Waals surface area contributed by atoms with Gasteiger partial charge in [-0.3, -0.25) is 9.10 Å². The van der Waals surface area contributed by atoms with Gasteiger partial charge in [0, 0.05) is 5.69 Å². The molecule has 0 bridgehead atoms. The molecule has 0 aliphatic heterocycles. The third-order valence-corrected chi connectivity index (χ3v) is 7.16. The van der Waals surface area contributed by atoms with Crippen molar-refractivity contribution in [1.29, 1.82) is 0 Å². The van der Waals surface area contributed by atoms with E-state index >= 15 is 0 Å². The number of ether oxygens (including phenoxy) is 1. The number of hydrogen-bond acceptors (Lipinski definition) is 5. The number of amides is 1. The summed E-state index contributed by atoms with van der Waals surface area (Å²) >= 11 is 0. The van der Waals surface area contributed by atoms with Crippen molar-refractivity contribution < 1.29 is 22.7 Å². The Labute approximate surface area is 206 Å². The molecule has 3 rings (SSSR count). The summed E-state index contributed by atoms with van der Waals surface area (Å²) in [5.41, 5.74) is 2.87. The number of aryl methyl sites for hydroxylation is 2. The van der Waals surface area contributed by atoms with Crippen LogP contribution in [0.3, 0.4) is 0 Å². The van der Waals surface area contributed by atoms with Crippen LogP contribution < -0.4 is 9.62 Å². The molecule has 7 nitrogen and oxygen atoms in total. The van der Waals surface area contributed by atoms with Gasteiger partial charge in [-0.15, -0.1) is 0 Å². The molecule has 0 heterocycles. The minimum atomic E-state index is -4.00. The molecule has 0 radical (unpaired) electrons. The Morgan fingerprint density at radius 2 is 1.63 bits per heavy atom. The number of sulfonamides is 1. The van der Waals surface area contributed by atoms with Crippen molar-refractivity contribution in [3.63, 3.8) is 0 Å². The van der Waals surface area contributed by atoms with Gasteiger partial charge in [-0.2, -0.15) is 0 Å². The van der Waals surface area contributed by atoms with Crippen LogP contribution in [0.25, 0.3) is 0 Å². The van der Waals surface area contributed by atoms with Gasteiger partial charge in [0.25, 0.3) is 10.0 Å². The molecule has 0 aliphatic rings. The second kappa shape index (κ2) is 11.7. The Balaban J connectivity index is 1.81. The van der Waals surface area contributed by atoms with E-state index in [1.165, 1.54) is 12.1 Å². The Bertz CT molecular complexity index is 1270. The third kappa shape index (κ3) is 6.70. The predicted molar refractivity (Wildman–Crippen MR) is 137 cm³/mol. The van der Waals surface area contributed by atoms with Crippen molar-refractivity contribution in [3.8, 4) is 0 Å². The van der Waals surface area contributed by atoms with Crippen LogP contribution in [-0.2, 0) is 19.6 Å². The zero-order chi connectivity index (χ0) is 25.4. The first-order valence-electron chi connectivity index (χ1n) is 11.4. The summed E-state index contributed by atoms with van der Waals surface area (Å²) in [6, 6.07) is 19.8. The first kappa shape index (κ1) is 26.0. The first-order chi connectivity index (χ1) is 16.7. The maximum absolute atomic E-state index is 13.5. The smallest absolute Gasteiger partial charge is 0.338 e. The van der Waals surface area contributed by atoms with E-state index in [4.69, 9.17) is 4.74 Å². The Morgan fingerprint density at radius 3 is 2.29 bits per heavy atom. The van der Waals surface area contributed by atoms with Crippen molar-refractivity contribution >= 4 is 33.3 Å². The van der Waals surface area contributed by atoms with Crippen molar-refractivity contribution in [2.24, 2.45) is 0 Å². The molecule has 1 N–H and O–H groups in total. The molecule has 35 heavy (non-hydrogen) atoms. The van der Waals surface area contributed by atoms with E-state index < -0.39 is 28.4 Å². The van der Waals surface area contributed by atoms with Crippen molar-refractivity contribution in [3.05, 3.63) is 89.5 Å². The molecule has 8 heteroatoms. The molecule has 0 unspecified atom stereocenters. The highest BCUT2D eigenvalue weighted by atomic mass is 32.2. The largest absolute Gasteiger partial charge is 0.462 e. The monoisotopic (exact) mass is 494 g/mol. The molecule has 0 saturated carbocycles. The van der Waals surface area contributed by atoms with E-state index in [2.05, 4.69) is 5.32 Å². The van der Waals surface area contributed by atoms with Crippen LogP contribution in [0, 0.1) is 13.8 Å². The summed E-state index contributed by atoms with van der Waals surface area (Å²) < 4.78 is 33.3. The lowest BCUT2D eigenvalue weighted by molar-refractivity contribution is -0.114. The molecule has 0 aliphatic carbocycles. The standard InChI is InChI=1S/C27H30N2O5S/c1-4-5-17-34-27(31)22-13-15-23(16-14-22)28-26(30)19-29(25-18-20(2)11-12-21(25)3)35(32,33)24-9-7-6-8-10-24/h6-16,18H,4-5,17,19H2,1-3H3,(H,28,30). The van der Waals surface area contributed by atoms with Crippen molar-refractivity contribution in [2.45, 2.75) is 38.5 Å². The van der Waals surface area contributed by atoms with Crippen LogP contribution in [0.1, 0.15) is 41.3 Å². The zero-order valence-corrected chi connectivity index (χ0v) is 21.0. The lowest BCUT2D eigenvalue weighted by Gasteiger charge is -2.26. The van der Waals surface area contributed by atoms with Crippen LogP contribution >= 0.6 is 0 Å². The Morgan fingerprint density at radius 1 is 0.943 bits per heavy atom. The lowest BCUT2D eigenvalue weighted by atomic mass is 10.1. The minimum absolute atomic E-state index is 0.0969. The molecule has 184 valence electrons. The van der Waals surface area contributed by atoms with Crippen LogP contribution in [-0.4, -0.2) is 33.4 Å². The number of carbonyl (C=O) groups is 2. The molecule has 3 aromatic rings. The summed E-state index contributed by atoms with van der Waals surface area (Å²) in [7, 11) is -4.00. The summed E-state index contributed by atoms with van der Waals surface area (Å²) in [4.78, 5) is 25.1. The van der Waals surface area contributed by atoms with E-state index in [1.807, 2.05) is 26.0 Å². The normalized spacial score (nSPS) is 11.1. The van der Waals surface area contributed by atoms with Crippen molar-refractivity contribution in [2.75, 3.05) is 22.8 Å². The van der Waals surface area contributed by atoms with Crippen LogP contribution in [0.15, 0.2) is 77.7 Å². The summed E-state index contributed by atoms with van der Waals surface area (Å²) in [6.07, 6.45) is 1.72. The minimum Gasteiger partial charge on any atom is -0.462 e. The molecule has 0 atom stereocenters. The van der Waals surface area contributed by atoms with Gasteiger partial charge in [-0.1, -0.05) is 43.7 Å². The number of unbranched alkanes of at least 4 members (excludes halogenated alkanes) is 1. The number of benzene rings is 3. The van der Waals surface area contributed by atoms with Gasteiger partial charge in [0.15, 0.2) is 0 Å². The maximum atomic E-state index is 13.5. The topological polar surface area (TPSA) is 92.8 Å². The van der Waals surface area contributed by atoms with Gasteiger partial charge in [-0.25, -0.2) is 13.2 Å². The van der Waals surface area contributed by atoms with E-state index in [-0.39, 0.29) is 4.90 Å². The second-order valence-corrected chi connectivity index (χ2v) is 10.1. The van der Waals surface area contributed by atoms with E-state index in [9.17, 15) is 18.0 Å². The summed E-state index contributed by atoms with van der Waals surface area (Å²) in [5, 5.41) is 2.72. The third-order valence-electron chi connectivity index (χ3n) is 5.39. The average molecular weight is 495 g/mol. The summed E-state index contributed by atoms with van der Waals surface area (Å²) in [6.45, 7) is 5.63. The highest BCUT2D eigenvalue weighted by Crippen LogP contribution is 2.28. The molecule has 1 amide bonds. The van der Waals surface area contributed by atoms with E-state index in [0.29, 0.717) is 23.5 Å².